The fourth-order valence-electron chi connectivity index (χ4n) is 4.46. The molecule has 0 aliphatic heterocycles. The summed E-state index contributed by atoms with van der Waals surface area (Å²) < 4.78 is 6.93. The van der Waals surface area contributed by atoms with E-state index in [9.17, 15) is 9.90 Å². The Kier molecular flexibility index (Phi) is 9.04. The number of amides is 1. The highest BCUT2D eigenvalue weighted by atomic mass is 28.4. The van der Waals surface area contributed by atoms with E-state index in [-0.39, 0.29) is 11.1 Å². The van der Waals surface area contributed by atoms with Gasteiger partial charge in [-0.05, 0) is 33.9 Å². The second-order valence-corrected chi connectivity index (χ2v) is 13.9. The van der Waals surface area contributed by atoms with Crippen molar-refractivity contribution < 1.29 is 14.3 Å². The summed E-state index contributed by atoms with van der Waals surface area (Å²) in [5.41, 5.74) is 1.20. The molecule has 3 aromatic rings. The van der Waals surface area contributed by atoms with Crippen molar-refractivity contribution in [2.24, 2.45) is 0 Å². The zero-order valence-corrected chi connectivity index (χ0v) is 21.3. The van der Waals surface area contributed by atoms with Crippen LogP contribution in [0.2, 0.25) is 5.04 Å². The molecule has 0 saturated carbocycles. The first kappa shape index (κ1) is 25.7. The first-order chi connectivity index (χ1) is 16.3. The maximum atomic E-state index is 11.5. The van der Waals surface area contributed by atoms with Crippen LogP contribution >= 0.6 is 0 Å². The van der Waals surface area contributed by atoms with Crippen molar-refractivity contribution in [3.63, 3.8) is 0 Å². The van der Waals surface area contributed by atoms with Crippen molar-refractivity contribution in [2.75, 3.05) is 13.2 Å². The second kappa shape index (κ2) is 12.0. The Balaban J connectivity index is 1.80. The van der Waals surface area contributed by atoms with Gasteiger partial charge in [-0.15, -0.1) is 0 Å². The van der Waals surface area contributed by atoms with Gasteiger partial charge in [0.05, 0.1) is 12.6 Å². The largest absolute Gasteiger partial charge is 0.465 e. The third-order valence-electron chi connectivity index (χ3n) is 6.09. The van der Waals surface area contributed by atoms with Crippen LogP contribution in [0.15, 0.2) is 91.0 Å². The molecule has 34 heavy (non-hydrogen) atoms. The Labute approximate surface area is 204 Å². The van der Waals surface area contributed by atoms with Gasteiger partial charge in [-0.1, -0.05) is 112 Å². The average molecular weight is 477 g/mol. The molecule has 3 rings (SSSR count). The van der Waals surface area contributed by atoms with Crippen LogP contribution in [-0.2, 0) is 11.0 Å². The highest BCUT2D eigenvalue weighted by Gasteiger charge is 2.50. The van der Waals surface area contributed by atoms with Crippen molar-refractivity contribution in [1.82, 2.24) is 10.6 Å². The maximum absolute atomic E-state index is 11.5. The Morgan fingerprint density at radius 1 is 0.882 bits per heavy atom. The molecular weight excluding hydrogens is 440 g/mol. The summed E-state index contributed by atoms with van der Waals surface area (Å²) >= 11 is 0. The normalized spacial score (nSPS) is 12.8. The molecule has 0 bridgehead atoms. The molecule has 0 radical (unpaired) electrons. The molecule has 180 valence electrons. The van der Waals surface area contributed by atoms with E-state index in [0.29, 0.717) is 19.6 Å². The zero-order valence-electron chi connectivity index (χ0n) is 20.3. The maximum Gasteiger partial charge on any atom is 0.404 e. The van der Waals surface area contributed by atoms with Crippen LogP contribution in [0.25, 0.3) is 0 Å². The van der Waals surface area contributed by atoms with Gasteiger partial charge in [0.1, 0.15) is 0 Å². The van der Waals surface area contributed by atoms with Crippen LogP contribution in [0.3, 0.4) is 0 Å². The van der Waals surface area contributed by atoms with Crippen LogP contribution in [0.4, 0.5) is 4.79 Å². The summed E-state index contributed by atoms with van der Waals surface area (Å²) in [7, 11) is -2.72. The van der Waals surface area contributed by atoms with E-state index in [1.807, 2.05) is 30.3 Å². The van der Waals surface area contributed by atoms with E-state index in [4.69, 9.17) is 4.43 Å². The van der Waals surface area contributed by atoms with Crippen LogP contribution in [0, 0.1) is 0 Å². The lowest BCUT2D eigenvalue weighted by Crippen LogP contribution is -2.67. The van der Waals surface area contributed by atoms with Crippen LogP contribution < -0.4 is 21.0 Å². The molecule has 1 amide bonds. The Hall–Kier alpha value is -2.93. The van der Waals surface area contributed by atoms with E-state index >= 15 is 0 Å². The summed E-state index contributed by atoms with van der Waals surface area (Å²) in [4.78, 5) is 11.5. The van der Waals surface area contributed by atoms with Crippen LogP contribution in [0.5, 0.6) is 0 Å². The van der Waals surface area contributed by atoms with E-state index in [0.717, 1.165) is 6.54 Å². The smallest absolute Gasteiger partial charge is 0.404 e. The molecule has 0 spiro atoms. The molecule has 6 heteroatoms. The molecule has 0 aliphatic carbocycles. The summed E-state index contributed by atoms with van der Waals surface area (Å²) in [6, 6.07) is 30.7. The van der Waals surface area contributed by atoms with Gasteiger partial charge in [-0.25, -0.2) is 4.79 Å². The Morgan fingerprint density at radius 2 is 1.38 bits per heavy atom. The number of benzene rings is 3. The monoisotopic (exact) mass is 476 g/mol. The predicted octanol–water partition coefficient (Wildman–Crippen LogP) is 4.38. The lowest BCUT2D eigenvalue weighted by atomic mass is 10.2. The van der Waals surface area contributed by atoms with E-state index in [2.05, 4.69) is 92.1 Å². The van der Waals surface area contributed by atoms with Crippen molar-refractivity contribution in [3.8, 4) is 0 Å². The number of hydrogen-bond acceptors (Lipinski definition) is 3. The highest BCUT2D eigenvalue weighted by Crippen LogP contribution is 2.36. The minimum absolute atomic E-state index is 0.158. The molecule has 3 N–H and O–H groups in total. The molecule has 1 unspecified atom stereocenters. The fraction of sp³-hybridized carbons (Fsp3) is 0.321. The molecular formula is C28H36N2O3Si. The Bertz CT molecular complexity index is 969. The van der Waals surface area contributed by atoms with Gasteiger partial charge in [0, 0.05) is 6.54 Å². The molecule has 0 aliphatic rings. The lowest BCUT2D eigenvalue weighted by Gasteiger charge is -2.43. The number of nitrogens with one attached hydrogen (secondary N) is 2. The molecule has 1 atom stereocenters. The minimum atomic E-state index is -2.72. The SMILES string of the molecule is CC(C)(C)[Si](OCC(CCNCc1ccccc1)NC(=O)O)(c1ccccc1)c1ccccc1. The van der Waals surface area contributed by atoms with E-state index < -0.39 is 14.4 Å². The van der Waals surface area contributed by atoms with Gasteiger partial charge < -0.3 is 20.2 Å². The van der Waals surface area contributed by atoms with Crippen molar-refractivity contribution in [1.29, 1.82) is 0 Å². The van der Waals surface area contributed by atoms with Gasteiger partial charge in [0.15, 0.2) is 0 Å². The topological polar surface area (TPSA) is 70.6 Å². The fourth-order valence-corrected chi connectivity index (χ4v) is 9.07. The second-order valence-electron chi connectivity index (χ2n) is 9.57. The standard InChI is InChI=1S/C28H36N2O3Si/c1-28(2,3)34(25-15-9-5-10-16-25,26-17-11-6-12-18-26)33-22-24(30-27(31)32)19-20-29-21-23-13-7-4-8-14-23/h4-18,24,29-30H,19-22H2,1-3H3,(H,31,32). The molecule has 0 fully saturated rings. The quantitative estimate of drug-likeness (QED) is 0.284. The summed E-state index contributed by atoms with van der Waals surface area (Å²) in [6.45, 7) is 8.41. The molecule has 3 aromatic carbocycles. The third kappa shape index (κ3) is 6.56. The highest BCUT2D eigenvalue weighted by molar-refractivity contribution is 6.99. The first-order valence-electron chi connectivity index (χ1n) is 11.8. The summed E-state index contributed by atoms with van der Waals surface area (Å²) in [5.74, 6) is 0. The van der Waals surface area contributed by atoms with Crippen LogP contribution in [0.1, 0.15) is 32.8 Å². The molecule has 0 aromatic heterocycles. The Morgan fingerprint density at radius 3 is 1.85 bits per heavy atom. The van der Waals surface area contributed by atoms with E-state index in [1.165, 1.54) is 15.9 Å². The van der Waals surface area contributed by atoms with Gasteiger partial charge in [0.25, 0.3) is 8.32 Å². The number of hydrogen-bond donors (Lipinski definition) is 3. The zero-order chi connectivity index (χ0) is 24.4. The predicted molar refractivity (Wildman–Crippen MR) is 141 cm³/mol. The number of carboxylic acid groups (broad SMARTS) is 1. The van der Waals surface area contributed by atoms with Crippen molar-refractivity contribution >= 4 is 24.8 Å². The molecule has 5 nitrogen and oxygen atoms in total. The average Bonchev–Trinajstić information content (AvgIpc) is 2.83. The molecule has 0 saturated heterocycles. The summed E-state index contributed by atoms with van der Waals surface area (Å²) in [5, 5.41) is 17.8. The number of rotatable bonds is 11. The third-order valence-corrected chi connectivity index (χ3v) is 11.1. The molecule has 0 heterocycles. The lowest BCUT2D eigenvalue weighted by molar-refractivity contribution is 0.177. The van der Waals surface area contributed by atoms with Crippen molar-refractivity contribution in [3.05, 3.63) is 96.6 Å². The van der Waals surface area contributed by atoms with Gasteiger partial charge in [-0.2, -0.15) is 0 Å². The van der Waals surface area contributed by atoms with Gasteiger partial charge in [0.2, 0.25) is 0 Å². The summed E-state index contributed by atoms with van der Waals surface area (Å²) in [6.07, 6.45) is -0.392. The minimum Gasteiger partial charge on any atom is -0.465 e. The number of carbonyl (C=O) groups is 1. The van der Waals surface area contributed by atoms with Crippen molar-refractivity contribution in [2.45, 2.75) is 44.8 Å². The van der Waals surface area contributed by atoms with E-state index in [1.54, 1.807) is 0 Å². The van der Waals surface area contributed by atoms with Gasteiger partial charge in [-0.3, -0.25) is 0 Å². The van der Waals surface area contributed by atoms with Crippen LogP contribution in [-0.4, -0.2) is 38.7 Å². The van der Waals surface area contributed by atoms with Gasteiger partial charge >= 0.3 is 6.09 Å². The first-order valence-corrected chi connectivity index (χ1v) is 13.7.